The van der Waals surface area contributed by atoms with Crippen molar-refractivity contribution in [1.29, 1.82) is 0 Å². The maximum Gasteiger partial charge on any atom is 0.276 e. The molecule has 1 saturated heterocycles. The molecule has 2 atom stereocenters. The van der Waals surface area contributed by atoms with Crippen LogP contribution in [0.25, 0.3) is 0 Å². The molecule has 0 amide bonds. The second kappa shape index (κ2) is 6.94. The van der Waals surface area contributed by atoms with Gasteiger partial charge in [-0.05, 0) is 51.3 Å². The van der Waals surface area contributed by atoms with Gasteiger partial charge >= 0.3 is 0 Å². The summed E-state index contributed by atoms with van der Waals surface area (Å²) in [6.07, 6.45) is 3.73. The molecule has 1 aliphatic rings. The molecule has 0 aliphatic carbocycles. The summed E-state index contributed by atoms with van der Waals surface area (Å²) in [5.74, 6) is 0.668. The highest BCUT2D eigenvalue weighted by atomic mass is 32.2. The molecule has 0 spiro atoms. The fourth-order valence-corrected chi connectivity index (χ4v) is 4.84. The molecule has 120 valence electrons. The van der Waals surface area contributed by atoms with Gasteiger partial charge in [-0.3, -0.25) is 0 Å². The summed E-state index contributed by atoms with van der Waals surface area (Å²) in [7, 11) is -3.52. The molecule has 0 radical (unpaired) electrons. The first-order valence-electron chi connectivity index (χ1n) is 7.83. The van der Waals surface area contributed by atoms with Gasteiger partial charge in [0.1, 0.15) is 5.76 Å². The van der Waals surface area contributed by atoms with Crippen LogP contribution in [0.2, 0.25) is 0 Å². The van der Waals surface area contributed by atoms with Gasteiger partial charge in [0.05, 0.1) is 6.54 Å². The average molecular weight is 314 g/mol. The van der Waals surface area contributed by atoms with E-state index in [1.54, 1.807) is 16.4 Å². The number of sulfonamides is 1. The van der Waals surface area contributed by atoms with Crippen molar-refractivity contribution in [1.82, 2.24) is 9.62 Å². The summed E-state index contributed by atoms with van der Waals surface area (Å²) in [6.45, 7) is 7.55. The number of hydrogen-bond donors (Lipinski definition) is 1. The monoisotopic (exact) mass is 314 g/mol. The molecule has 0 bridgehead atoms. The summed E-state index contributed by atoms with van der Waals surface area (Å²) in [5, 5.41) is 3.28. The molecule has 1 N–H and O–H groups in total. The van der Waals surface area contributed by atoms with Gasteiger partial charge in [0.15, 0.2) is 0 Å². The molecular formula is C15H26N2O3S. The molecule has 21 heavy (non-hydrogen) atoms. The Morgan fingerprint density at radius 3 is 2.76 bits per heavy atom. The number of rotatable bonds is 7. The van der Waals surface area contributed by atoms with E-state index >= 15 is 0 Å². The van der Waals surface area contributed by atoms with Gasteiger partial charge in [-0.1, -0.05) is 13.8 Å². The third-order valence-electron chi connectivity index (χ3n) is 4.08. The van der Waals surface area contributed by atoms with E-state index in [4.69, 9.17) is 4.42 Å². The van der Waals surface area contributed by atoms with E-state index < -0.39 is 10.0 Å². The van der Waals surface area contributed by atoms with E-state index in [9.17, 15) is 8.42 Å². The maximum absolute atomic E-state index is 12.8. The fraction of sp³-hybridized carbons (Fsp3) is 0.733. The quantitative estimate of drug-likeness (QED) is 0.786. The Bertz CT molecular complexity index is 553. The summed E-state index contributed by atoms with van der Waals surface area (Å²) in [5.41, 5.74) is 0. The van der Waals surface area contributed by atoms with Crippen molar-refractivity contribution in [2.75, 3.05) is 6.54 Å². The van der Waals surface area contributed by atoms with Gasteiger partial charge in [0, 0.05) is 12.1 Å². The number of nitrogens with one attached hydrogen (secondary N) is 1. The van der Waals surface area contributed by atoms with Gasteiger partial charge < -0.3 is 9.73 Å². The largest absolute Gasteiger partial charge is 0.447 e. The van der Waals surface area contributed by atoms with Gasteiger partial charge in [-0.25, -0.2) is 8.42 Å². The van der Waals surface area contributed by atoms with Crippen molar-refractivity contribution in [3.63, 3.8) is 0 Å². The Balaban J connectivity index is 2.15. The standard InChI is InChI=1S/C15H26N2O3S/c1-4-10-16-11-14-8-9-15(20-14)21(18,19)17-12(3)6-7-13(17)5-2/h8-9,12-13,16H,4-7,10-11H2,1-3H3. The molecule has 5 nitrogen and oxygen atoms in total. The lowest BCUT2D eigenvalue weighted by atomic mass is 10.2. The van der Waals surface area contributed by atoms with Crippen LogP contribution in [0.5, 0.6) is 0 Å². The molecular weight excluding hydrogens is 288 g/mol. The maximum atomic E-state index is 12.8. The fourth-order valence-electron chi connectivity index (χ4n) is 2.95. The zero-order valence-electron chi connectivity index (χ0n) is 13.1. The zero-order chi connectivity index (χ0) is 15.5. The van der Waals surface area contributed by atoms with Crippen LogP contribution in [0.15, 0.2) is 21.6 Å². The van der Waals surface area contributed by atoms with E-state index in [-0.39, 0.29) is 17.2 Å². The van der Waals surface area contributed by atoms with Crippen molar-refractivity contribution in [2.45, 2.75) is 70.2 Å². The van der Waals surface area contributed by atoms with E-state index in [0.717, 1.165) is 32.2 Å². The lowest BCUT2D eigenvalue weighted by molar-refractivity contribution is 0.310. The summed E-state index contributed by atoms with van der Waals surface area (Å²) in [4.78, 5) is 0. The molecule has 0 aromatic carbocycles. The highest BCUT2D eigenvalue weighted by Gasteiger charge is 2.40. The molecule has 6 heteroatoms. The highest BCUT2D eigenvalue weighted by molar-refractivity contribution is 7.89. The normalized spacial score (nSPS) is 23.8. The molecule has 2 unspecified atom stereocenters. The van der Waals surface area contributed by atoms with Gasteiger partial charge in [-0.15, -0.1) is 0 Å². The Morgan fingerprint density at radius 2 is 2.10 bits per heavy atom. The van der Waals surface area contributed by atoms with Crippen LogP contribution in [0.1, 0.15) is 52.2 Å². The second-order valence-electron chi connectivity index (χ2n) is 5.72. The van der Waals surface area contributed by atoms with Crippen molar-refractivity contribution in [3.05, 3.63) is 17.9 Å². The van der Waals surface area contributed by atoms with Crippen LogP contribution >= 0.6 is 0 Å². The SMILES string of the molecule is CCCNCc1ccc(S(=O)(=O)N2C(C)CCC2CC)o1. The molecule has 2 rings (SSSR count). The van der Waals surface area contributed by atoms with Gasteiger partial charge in [-0.2, -0.15) is 4.31 Å². The van der Waals surface area contributed by atoms with Crippen LogP contribution in [0.3, 0.4) is 0 Å². The predicted molar refractivity (Wildman–Crippen MR) is 82.5 cm³/mol. The topological polar surface area (TPSA) is 62.6 Å². The summed E-state index contributed by atoms with van der Waals surface area (Å²) in [6, 6.07) is 3.47. The van der Waals surface area contributed by atoms with E-state index in [1.807, 2.05) is 13.8 Å². The Hall–Kier alpha value is -0.850. The van der Waals surface area contributed by atoms with Crippen LogP contribution in [-0.2, 0) is 16.6 Å². The summed E-state index contributed by atoms with van der Waals surface area (Å²) < 4.78 is 32.7. The minimum Gasteiger partial charge on any atom is -0.447 e. The molecule has 1 fully saturated rings. The minimum absolute atomic E-state index is 0.0479. The molecule has 0 saturated carbocycles. The first-order chi connectivity index (χ1) is 10.0. The number of hydrogen-bond acceptors (Lipinski definition) is 4. The van der Waals surface area contributed by atoms with E-state index in [1.165, 1.54) is 0 Å². The second-order valence-corrected chi connectivity index (χ2v) is 7.50. The molecule has 2 heterocycles. The van der Waals surface area contributed by atoms with Crippen molar-refractivity contribution < 1.29 is 12.8 Å². The van der Waals surface area contributed by atoms with Crippen molar-refractivity contribution >= 4 is 10.0 Å². The molecule has 1 aliphatic heterocycles. The third kappa shape index (κ3) is 3.49. The number of nitrogens with zero attached hydrogens (tertiary/aromatic N) is 1. The molecule has 1 aromatic heterocycles. The minimum atomic E-state index is -3.52. The van der Waals surface area contributed by atoms with Crippen LogP contribution in [0.4, 0.5) is 0 Å². The van der Waals surface area contributed by atoms with Crippen molar-refractivity contribution in [2.24, 2.45) is 0 Å². The Kier molecular flexibility index (Phi) is 5.46. The van der Waals surface area contributed by atoms with E-state index in [0.29, 0.717) is 12.3 Å². The van der Waals surface area contributed by atoms with Crippen molar-refractivity contribution in [3.8, 4) is 0 Å². The van der Waals surface area contributed by atoms with Gasteiger partial charge in [0.2, 0.25) is 5.09 Å². The van der Waals surface area contributed by atoms with Gasteiger partial charge in [0.25, 0.3) is 10.0 Å². The third-order valence-corrected chi connectivity index (χ3v) is 6.02. The Morgan fingerprint density at radius 1 is 1.33 bits per heavy atom. The lowest BCUT2D eigenvalue weighted by Crippen LogP contribution is -2.39. The highest BCUT2D eigenvalue weighted by Crippen LogP contribution is 2.32. The van der Waals surface area contributed by atoms with E-state index in [2.05, 4.69) is 12.2 Å². The zero-order valence-corrected chi connectivity index (χ0v) is 13.9. The molecule has 1 aromatic rings. The van der Waals surface area contributed by atoms with Crippen LogP contribution in [-0.4, -0.2) is 31.4 Å². The summed E-state index contributed by atoms with van der Waals surface area (Å²) >= 11 is 0. The first-order valence-corrected chi connectivity index (χ1v) is 9.27. The smallest absolute Gasteiger partial charge is 0.276 e. The Labute approximate surface area is 127 Å². The average Bonchev–Trinajstić information content (AvgIpc) is 3.06. The van der Waals surface area contributed by atoms with Crippen LogP contribution in [0, 0.1) is 0 Å². The first kappa shape index (κ1) is 16.5. The number of furan rings is 1. The lowest BCUT2D eigenvalue weighted by Gasteiger charge is -2.25. The predicted octanol–water partition coefficient (Wildman–Crippen LogP) is 2.73. The van der Waals surface area contributed by atoms with Crippen LogP contribution < -0.4 is 5.32 Å².